The van der Waals surface area contributed by atoms with Crippen molar-refractivity contribution in [2.75, 3.05) is 10.7 Å². The smallest absolute Gasteiger partial charge is 0.271 e. The van der Waals surface area contributed by atoms with Gasteiger partial charge in [-0.05, 0) is 18.2 Å². The highest BCUT2D eigenvalue weighted by Crippen LogP contribution is 2.18. The molecule has 2 aromatic heterocycles. The minimum Gasteiger partial charge on any atom is -0.343 e. The molecule has 0 fully saturated rings. The van der Waals surface area contributed by atoms with E-state index in [4.69, 9.17) is 11.6 Å². The zero-order chi connectivity index (χ0) is 18.0. The molecule has 0 saturated carbocycles. The number of aromatic nitrogens is 3. The summed E-state index contributed by atoms with van der Waals surface area (Å²) < 4.78 is 36.5. The fourth-order valence-corrected chi connectivity index (χ4v) is 3.60. The van der Waals surface area contributed by atoms with E-state index in [1.165, 1.54) is 5.38 Å². The van der Waals surface area contributed by atoms with Gasteiger partial charge in [-0.2, -0.15) is 0 Å². The summed E-state index contributed by atoms with van der Waals surface area (Å²) in [6, 6.07) is 3.62. The Balaban J connectivity index is 1.65. The number of carbonyl (C=O) groups excluding carboxylic acids is 1. The molecule has 1 aromatic carbocycles. The number of nitrogens with one attached hydrogen (secondary N) is 3. The average Bonchev–Trinajstić information content (AvgIpc) is 3.18. The lowest BCUT2D eigenvalue weighted by atomic mass is 10.3. The highest BCUT2D eigenvalue weighted by molar-refractivity contribution is 7.92. The second-order valence-electron chi connectivity index (χ2n) is 4.89. The molecule has 8 nitrogen and oxygen atoms in total. The van der Waals surface area contributed by atoms with Crippen LogP contribution in [-0.2, 0) is 16.6 Å². The lowest BCUT2D eigenvalue weighted by molar-refractivity contribution is 0.0945. The zero-order valence-electron chi connectivity index (χ0n) is 12.4. The largest absolute Gasteiger partial charge is 0.343 e. The van der Waals surface area contributed by atoms with Crippen LogP contribution in [0.2, 0.25) is 5.02 Å². The van der Waals surface area contributed by atoms with Crippen LogP contribution >= 0.6 is 22.9 Å². The number of H-pyrrole nitrogens is 1. The number of nitrogens with zero attached hydrogens (tertiary/aromatic N) is 2. The maximum absolute atomic E-state index is 12.3. The molecule has 0 radical (unpaired) electrons. The van der Waals surface area contributed by atoms with Gasteiger partial charge in [-0.15, -0.1) is 11.3 Å². The number of sulfonamides is 1. The van der Waals surface area contributed by atoms with Gasteiger partial charge in [0.15, 0.2) is 5.13 Å². The third-order valence-electron chi connectivity index (χ3n) is 3.03. The molecule has 3 N–H and O–H groups in total. The van der Waals surface area contributed by atoms with E-state index < -0.39 is 21.9 Å². The summed E-state index contributed by atoms with van der Waals surface area (Å²) in [7, 11) is -4.08. The molecule has 12 heteroatoms. The zero-order valence-corrected chi connectivity index (χ0v) is 14.8. The van der Waals surface area contributed by atoms with E-state index in [0.29, 0.717) is 16.4 Å². The lowest BCUT2D eigenvalue weighted by Gasteiger charge is -2.00. The minimum absolute atomic E-state index is 0.0145. The summed E-state index contributed by atoms with van der Waals surface area (Å²) in [6.45, 7) is 0.119. The summed E-state index contributed by atoms with van der Waals surface area (Å²) in [4.78, 5) is 23.2. The number of hydrogen-bond donors (Lipinski definition) is 3. The molecule has 3 rings (SSSR count). The van der Waals surface area contributed by atoms with Gasteiger partial charge in [-0.25, -0.2) is 22.8 Å². The molecule has 25 heavy (non-hydrogen) atoms. The summed E-state index contributed by atoms with van der Waals surface area (Å²) in [5, 5.41) is 4.46. The van der Waals surface area contributed by atoms with E-state index in [2.05, 4.69) is 20.3 Å². The SMILES string of the molecule is O=C(NCc1nc2ccc(Cl)cc2[nH]1)c1csc(NS(=O)(=O)CF)n1. The second kappa shape index (κ2) is 6.94. The van der Waals surface area contributed by atoms with Crippen LogP contribution < -0.4 is 10.0 Å². The minimum atomic E-state index is -4.08. The standard InChI is InChI=1S/C13H11ClFN5O3S2/c14-7-1-2-8-9(3-7)18-11(17-8)4-16-12(21)10-5-24-13(19-10)20-25(22,23)6-15/h1-3,5H,4,6H2,(H,16,21)(H,17,18)(H,19,20). The first kappa shape index (κ1) is 17.6. The van der Waals surface area contributed by atoms with Crippen LogP contribution in [0.15, 0.2) is 23.6 Å². The first-order chi connectivity index (χ1) is 11.9. The van der Waals surface area contributed by atoms with Crippen LogP contribution in [0.3, 0.4) is 0 Å². The lowest BCUT2D eigenvalue weighted by Crippen LogP contribution is -2.23. The third kappa shape index (κ3) is 4.24. The Morgan fingerprint density at radius 2 is 2.16 bits per heavy atom. The van der Waals surface area contributed by atoms with Gasteiger partial charge in [0, 0.05) is 10.4 Å². The van der Waals surface area contributed by atoms with Crippen LogP contribution in [0.4, 0.5) is 9.52 Å². The van der Waals surface area contributed by atoms with Crippen LogP contribution in [0.25, 0.3) is 11.0 Å². The molecular formula is C13H11ClFN5O3S2. The highest BCUT2D eigenvalue weighted by atomic mass is 35.5. The maximum atomic E-state index is 12.3. The maximum Gasteiger partial charge on any atom is 0.271 e. The van der Waals surface area contributed by atoms with Crippen molar-refractivity contribution in [2.45, 2.75) is 6.54 Å². The Morgan fingerprint density at radius 1 is 1.36 bits per heavy atom. The Morgan fingerprint density at radius 3 is 2.92 bits per heavy atom. The predicted molar refractivity (Wildman–Crippen MR) is 92.9 cm³/mol. The van der Waals surface area contributed by atoms with Gasteiger partial charge < -0.3 is 10.3 Å². The van der Waals surface area contributed by atoms with Gasteiger partial charge in [-0.3, -0.25) is 9.52 Å². The summed E-state index contributed by atoms with van der Waals surface area (Å²) >= 11 is 6.78. The van der Waals surface area contributed by atoms with E-state index in [1.54, 1.807) is 18.2 Å². The molecular weight excluding hydrogens is 393 g/mol. The first-order valence-electron chi connectivity index (χ1n) is 6.80. The number of rotatable bonds is 6. The molecule has 0 unspecified atom stereocenters. The topological polar surface area (TPSA) is 117 Å². The summed E-state index contributed by atoms with van der Waals surface area (Å²) in [6.07, 6.45) is 0. The van der Waals surface area contributed by atoms with E-state index in [0.717, 1.165) is 16.9 Å². The number of carbonyl (C=O) groups is 1. The Bertz CT molecular complexity index is 1030. The number of anilines is 1. The van der Waals surface area contributed by atoms with E-state index in [9.17, 15) is 17.6 Å². The van der Waals surface area contributed by atoms with Gasteiger partial charge >= 0.3 is 0 Å². The number of aromatic amines is 1. The van der Waals surface area contributed by atoms with Gasteiger partial charge in [0.1, 0.15) is 11.5 Å². The van der Waals surface area contributed by atoms with Crippen molar-refractivity contribution in [3.8, 4) is 0 Å². The van der Waals surface area contributed by atoms with Crippen molar-refractivity contribution in [3.63, 3.8) is 0 Å². The van der Waals surface area contributed by atoms with Crippen molar-refractivity contribution in [2.24, 2.45) is 0 Å². The summed E-state index contributed by atoms with van der Waals surface area (Å²) in [5.74, 6) is 0.0136. The molecule has 0 aliphatic carbocycles. The number of alkyl halides is 1. The van der Waals surface area contributed by atoms with E-state index >= 15 is 0 Å². The average molecular weight is 404 g/mol. The molecule has 0 aliphatic rings. The number of fused-ring (bicyclic) bond motifs is 1. The second-order valence-corrected chi connectivity index (χ2v) is 7.84. The molecule has 1 amide bonds. The van der Waals surface area contributed by atoms with Gasteiger partial charge in [0.2, 0.25) is 6.01 Å². The number of halogens is 2. The number of thiazole rings is 1. The van der Waals surface area contributed by atoms with Crippen molar-refractivity contribution < 1.29 is 17.6 Å². The molecule has 0 saturated heterocycles. The molecule has 0 spiro atoms. The van der Waals surface area contributed by atoms with Crippen molar-refractivity contribution in [1.29, 1.82) is 0 Å². The highest BCUT2D eigenvalue weighted by Gasteiger charge is 2.15. The molecule has 2 heterocycles. The van der Waals surface area contributed by atoms with Gasteiger partial charge in [0.25, 0.3) is 15.9 Å². The molecule has 132 valence electrons. The quantitative estimate of drug-likeness (QED) is 0.583. The number of hydrogen-bond acceptors (Lipinski definition) is 6. The first-order valence-corrected chi connectivity index (χ1v) is 9.71. The molecule has 3 aromatic rings. The Labute approximate surface area is 150 Å². The fraction of sp³-hybridized carbons (Fsp3) is 0.154. The molecule has 0 aliphatic heterocycles. The van der Waals surface area contributed by atoms with Gasteiger partial charge in [0.05, 0.1) is 17.6 Å². The van der Waals surface area contributed by atoms with E-state index in [-0.39, 0.29) is 17.4 Å². The number of amides is 1. The van der Waals surface area contributed by atoms with Crippen LogP contribution in [0.5, 0.6) is 0 Å². The van der Waals surface area contributed by atoms with E-state index in [1.807, 2.05) is 4.72 Å². The molecule has 0 atom stereocenters. The normalized spacial score (nSPS) is 11.6. The Hall–Kier alpha value is -2.24. The van der Waals surface area contributed by atoms with Crippen LogP contribution in [-0.4, -0.2) is 35.3 Å². The monoisotopic (exact) mass is 403 g/mol. The van der Waals surface area contributed by atoms with Crippen molar-refractivity contribution in [1.82, 2.24) is 20.3 Å². The third-order valence-corrected chi connectivity index (χ3v) is 4.95. The number of benzene rings is 1. The van der Waals surface area contributed by atoms with Crippen molar-refractivity contribution in [3.05, 3.63) is 40.1 Å². The van der Waals surface area contributed by atoms with Gasteiger partial charge in [-0.1, -0.05) is 11.6 Å². The number of imidazole rings is 1. The molecule has 0 bridgehead atoms. The fourth-order valence-electron chi connectivity index (χ4n) is 1.96. The summed E-state index contributed by atoms with van der Waals surface area (Å²) in [5.41, 5.74) is 1.47. The van der Waals surface area contributed by atoms with Crippen molar-refractivity contribution >= 4 is 55.0 Å². The van der Waals surface area contributed by atoms with Crippen LogP contribution in [0.1, 0.15) is 16.3 Å². The Kier molecular flexibility index (Phi) is 4.88. The van der Waals surface area contributed by atoms with Crippen LogP contribution in [0, 0.1) is 0 Å². The predicted octanol–water partition coefficient (Wildman–Crippen LogP) is 2.27.